The maximum absolute atomic E-state index is 12.4. The second-order valence-electron chi connectivity index (χ2n) is 8.04. The minimum Gasteiger partial charge on any atom is -0.428 e. The minimum atomic E-state index is -3.21. The highest BCUT2D eigenvalue weighted by molar-refractivity contribution is 7.89. The third-order valence-electron chi connectivity index (χ3n) is 6.18. The van der Waals surface area contributed by atoms with Crippen LogP contribution in [0.15, 0.2) is 23.6 Å². The average Bonchev–Trinajstić information content (AvgIpc) is 3.19. The van der Waals surface area contributed by atoms with E-state index in [2.05, 4.69) is 19.2 Å². The number of nitrogens with zero attached hydrogens (tertiary/aromatic N) is 4. The van der Waals surface area contributed by atoms with Gasteiger partial charge in [-0.2, -0.15) is 5.10 Å². The molecule has 1 atom stereocenters. The molecule has 1 aliphatic carbocycles. The molecule has 2 N–H and O–H groups in total. The Bertz CT molecular complexity index is 1040. The van der Waals surface area contributed by atoms with E-state index in [0.29, 0.717) is 6.29 Å². The first kappa shape index (κ1) is 20.8. The normalized spacial score (nSPS) is 22.9. The van der Waals surface area contributed by atoms with Crippen molar-refractivity contribution in [2.45, 2.75) is 25.7 Å². The summed E-state index contributed by atoms with van der Waals surface area (Å²) in [5, 5.41) is 16.3. The number of hydrogen-bond donors (Lipinski definition) is 2. The van der Waals surface area contributed by atoms with Gasteiger partial charge in [-0.1, -0.05) is 0 Å². The lowest BCUT2D eigenvalue weighted by Crippen LogP contribution is -2.51. The fraction of sp³-hybridized carbons (Fsp3) is 0.556. The van der Waals surface area contributed by atoms with Crippen molar-refractivity contribution in [3.63, 3.8) is 0 Å². The predicted molar refractivity (Wildman–Crippen MR) is 120 cm³/mol. The maximum atomic E-state index is 12.4. The van der Waals surface area contributed by atoms with E-state index in [-0.39, 0.29) is 17.6 Å². The molecular weight excluding hydrogens is 408 g/mol. The lowest BCUT2D eigenvalue weighted by atomic mass is 9.67. The standard InChI is InChI=1S/C18H27BN5O3PS/c1-23(11-28)29(26,27)10-12-3-5-13(6-4-12)17-16-14-7-8-20-18(14)21-9-15(16)19(25)24(2)22-17/h7-9,12-13,25H,3-6,10-11,28H2,1-2H3,(H,20,21)/t12-,13-. The number of pyridine rings is 1. The van der Waals surface area contributed by atoms with E-state index in [1.165, 1.54) is 4.31 Å². The molecule has 1 saturated carbocycles. The Hall–Kier alpha value is -1.48. The van der Waals surface area contributed by atoms with E-state index in [1.807, 2.05) is 12.3 Å². The Kier molecular flexibility index (Phi) is 5.72. The lowest BCUT2D eigenvalue weighted by molar-refractivity contribution is 0.337. The van der Waals surface area contributed by atoms with Gasteiger partial charge in [0, 0.05) is 55.1 Å². The van der Waals surface area contributed by atoms with Gasteiger partial charge < -0.3 is 14.9 Å². The molecule has 8 nitrogen and oxygen atoms in total. The predicted octanol–water partition coefficient (Wildman–Crippen LogP) is 0.800. The second-order valence-corrected chi connectivity index (χ2v) is 10.5. The quantitative estimate of drug-likeness (QED) is 0.535. The highest BCUT2D eigenvalue weighted by Gasteiger charge is 2.37. The molecule has 0 aromatic carbocycles. The summed E-state index contributed by atoms with van der Waals surface area (Å²) < 4.78 is 26.2. The van der Waals surface area contributed by atoms with Crippen LogP contribution in [-0.2, 0) is 10.0 Å². The van der Waals surface area contributed by atoms with Crippen LogP contribution in [-0.4, -0.2) is 71.5 Å². The molecule has 0 spiro atoms. The molecule has 2 aliphatic rings. The Morgan fingerprint density at radius 1 is 1.38 bits per heavy atom. The van der Waals surface area contributed by atoms with Gasteiger partial charge in [-0.3, -0.25) is 0 Å². The third-order valence-corrected chi connectivity index (χ3v) is 8.99. The van der Waals surface area contributed by atoms with Crippen molar-refractivity contribution in [3.05, 3.63) is 24.0 Å². The van der Waals surface area contributed by atoms with Crippen LogP contribution in [0.5, 0.6) is 0 Å². The fourth-order valence-electron chi connectivity index (χ4n) is 4.41. The van der Waals surface area contributed by atoms with Crippen LogP contribution in [0.3, 0.4) is 0 Å². The van der Waals surface area contributed by atoms with Crippen molar-refractivity contribution in [2.75, 3.05) is 26.1 Å². The summed E-state index contributed by atoms with van der Waals surface area (Å²) in [5.41, 5.74) is 3.51. The number of sulfonamides is 1. The van der Waals surface area contributed by atoms with Crippen LogP contribution in [0.2, 0.25) is 0 Å². The average molecular weight is 435 g/mol. The maximum Gasteiger partial charge on any atom is 0.468 e. The number of nitrogens with one attached hydrogen (secondary N) is 1. The molecule has 0 radical (unpaired) electrons. The third kappa shape index (κ3) is 3.83. The first-order chi connectivity index (χ1) is 13.8. The molecular formula is C18H27BN5O3PS. The van der Waals surface area contributed by atoms with Gasteiger partial charge in [-0.25, -0.2) is 17.7 Å². The summed E-state index contributed by atoms with van der Waals surface area (Å²) >= 11 is 0. The zero-order valence-corrected chi connectivity index (χ0v) is 18.7. The van der Waals surface area contributed by atoms with E-state index in [0.717, 1.165) is 53.5 Å². The van der Waals surface area contributed by atoms with Gasteiger partial charge in [-0.15, -0.1) is 9.24 Å². The van der Waals surface area contributed by atoms with Gasteiger partial charge in [0.2, 0.25) is 10.0 Å². The zero-order valence-electron chi connectivity index (χ0n) is 16.7. The van der Waals surface area contributed by atoms with Crippen LogP contribution < -0.4 is 5.46 Å². The van der Waals surface area contributed by atoms with Gasteiger partial charge in [0.1, 0.15) is 5.65 Å². The van der Waals surface area contributed by atoms with Crippen molar-refractivity contribution >= 4 is 48.5 Å². The molecule has 0 amide bonds. The van der Waals surface area contributed by atoms with Crippen molar-refractivity contribution in [3.8, 4) is 0 Å². The van der Waals surface area contributed by atoms with Gasteiger partial charge in [-0.05, 0) is 37.7 Å². The van der Waals surface area contributed by atoms with Crippen LogP contribution in [0.25, 0.3) is 11.0 Å². The van der Waals surface area contributed by atoms with Crippen molar-refractivity contribution in [1.29, 1.82) is 0 Å². The van der Waals surface area contributed by atoms with E-state index in [1.54, 1.807) is 25.2 Å². The van der Waals surface area contributed by atoms with Crippen LogP contribution in [0, 0.1) is 11.8 Å². The fourth-order valence-corrected chi connectivity index (χ4v) is 6.50. The topological polar surface area (TPSA) is 102 Å². The number of fused-ring (bicyclic) bond motifs is 3. The van der Waals surface area contributed by atoms with Gasteiger partial charge >= 0.3 is 7.05 Å². The molecule has 2 aromatic heterocycles. The summed E-state index contributed by atoms with van der Waals surface area (Å²) in [4.78, 5) is 9.14. The minimum absolute atomic E-state index is 0.173. The molecule has 11 heteroatoms. The molecule has 0 saturated heterocycles. The first-order valence-corrected chi connectivity index (χ1v) is 12.3. The number of hydrogen-bond acceptors (Lipinski definition) is 6. The van der Waals surface area contributed by atoms with Gasteiger partial charge in [0.15, 0.2) is 0 Å². The molecule has 29 heavy (non-hydrogen) atoms. The van der Waals surface area contributed by atoms with E-state index < -0.39 is 17.1 Å². The number of aromatic nitrogens is 2. The summed E-state index contributed by atoms with van der Waals surface area (Å²) in [5.74, 6) is 0.618. The summed E-state index contributed by atoms with van der Waals surface area (Å²) in [6.45, 7) is 0. The molecule has 1 fully saturated rings. The van der Waals surface area contributed by atoms with Crippen molar-refractivity contribution < 1.29 is 13.4 Å². The molecule has 1 aliphatic heterocycles. The SMILES string of the molecule is CN1N=C([C@H]2CC[C@H](CS(=O)(=O)N(C)CP)CC2)c2c(cnc3[nH]ccc23)B1O. The summed E-state index contributed by atoms with van der Waals surface area (Å²) in [7, 11) is 1.83. The molecule has 156 valence electrons. The molecule has 2 aromatic rings. The smallest absolute Gasteiger partial charge is 0.428 e. The number of H-pyrrole nitrogens is 1. The van der Waals surface area contributed by atoms with Gasteiger partial charge in [0.05, 0.1) is 11.5 Å². The first-order valence-electron chi connectivity index (χ1n) is 9.91. The second kappa shape index (κ2) is 7.98. The van der Waals surface area contributed by atoms with Crippen LogP contribution in [0.1, 0.15) is 31.2 Å². The van der Waals surface area contributed by atoms with E-state index in [9.17, 15) is 13.4 Å². The highest BCUT2D eigenvalue weighted by Crippen LogP contribution is 2.34. The Morgan fingerprint density at radius 2 is 2.10 bits per heavy atom. The zero-order chi connectivity index (χ0) is 20.8. The number of aromatic amines is 1. The Morgan fingerprint density at radius 3 is 2.79 bits per heavy atom. The van der Waals surface area contributed by atoms with Crippen molar-refractivity contribution in [1.82, 2.24) is 19.2 Å². The Balaban J connectivity index is 1.56. The monoisotopic (exact) mass is 435 g/mol. The molecule has 0 bridgehead atoms. The largest absolute Gasteiger partial charge is 0.468 e. The van der Waals surface area contributed by atoms with E-state index >= 15 is 0 Å². The number of hydrazone groups is 1. The molecule has 3 heterocycles. The number of rotatable bonds is 5. The Labute approximate surface area is 174 Å². The highest BCUT2D eigenvalue weighted by atomic mass is 32.2. The van der Waals surface area contributed by atoms with Crippen LogP contribution >= 0.6 is 9.24 Å². The van der Waals surface area contributed by atoms with Crippen molar-refractivity contribution in [2.24, 2.45) is 16.9 Å². The van der Waals surface area contributed by atoms with Crippen LogP contribution in [0.4, 0.5) is 0 Å². The molecule has 4 rings (SSSR count). The lowest BCUT2D eigenvalue weighted by Gasteiger charge is -2.34. The molecule has 1 unspecified atom stereocenters. The summed E-state index contributed by atoms with van der Waals surface area (Å²) in [6.07, 6.45) is 7.49. The van der Waals surface area contributed by atoms with E-state index in [4.69, 9.17) is 5.10 Å². The van der Waals surface area contributed by atoms with Gasteiger partial charge in [0.25, 0.3) is 0 Å². The summed E-state index contributed by atoms with van der Waals surface area (Å²) in [6, 6.07) is 1.98.